The molecule has 0 aliphatic carbocycles. The lowest BCUT2D eigenvalue weighted by molar-refractivity contribution is 0.322. The number of para-hydroxylation sites is 1. The Kier molecular flexibility index (Phi) is 7.49. The average molecular weight is 501 g/mol. The van der Waals surface area contributed by atoms with Crippen molar-refractivity contribution >= 4 is 45.5 Å². The van der Waals surface area contributed by atoms with E-state index in [0.29, 0.717) is 18.9 Å². The van der Waals surface area contributed by atoms with Gasteiger partial charge in [-0.25, -0.2) is 8.42 Å². The van der Waals surface area contributed by atoms with Gasteiger partial charge in [-0.15, -0.1) is 24.0 Å². The summed E-state index contributed by atoms with van der Waals surface area (Å²) < 4.78 is 28.6. The van der Waals surface area contributed by atoms with E-state index in [1.165, 1.54) is 17.5 Å². The van der Waals surface area contributed by atoms with E-state index in [9.17, 15) is 8.42 Å². The van der Waals surface area contributed by atoms with Gasteiger partial charge in [-0.3, -0.25) is 4.99 Å². The topological polar surface area (TPSA) is 71.0 Å². The van der Waals surface area contributed by atoms with Gasteiger partial charge < -0.3 is 15.0 Å². The van der Waals surface area contributed by atoms with Crippen LogP contribution < -0.4 is 15.0 Å². The maximum Gasteiger partial charge on any atom is 0.198 e. The number of nitrogens with one attached hydrogen (secondary N) is 1. The molecule has 1 aliphatic rings. The Morgan fingerprint density at radius 2 is 1.89 bits per heavy atom. The van der Waals surface area contributed by atoms with Gasteiger partial charge in [0.1, 0.15) is 12.4 Å². The van der Waals surface area contributed by atoms with Crippen molar-refractivity contribution in [3.8, 4) is 5.75 Å². The van der Waals surface area contributed by atoms with Crippen LogP contribution in [0.25, 0.3) is 0 Å². The van der Waals surface area contributed by atoms with Crippen LogP contribution in [-0.4, -0.2) is 47.4 Å². The van der Waals surface area contributed by atoms with Crippen LogP contribution in [0.2, 0.25) is 0 Å². The molecule has 146 valence electrons. The Bertz CT molecular complexity index is 899. The number of anilines is 1. The average Bonchev–Trinajstić information content (AvgIpc) is 3.05. The standard InChI is InChI=1S/C19H23N3O3S.HI/c1-20-19(22-13-11-15-5-3-4-6-18(15)22)21-12-14-25-16-7-9-17(10-8-16)26(2,23)24;/h3-10H,11-14H2,1-2H3,(H,20,21);1H. The molecule has 6 nitrogen and oxygen atoms in total. The molecular formula is C19H24IN3O3S. The maximum atomic E-state index is 11.5. The van der Waals surface area contributed by atoms with Crippen LogP contribution >= 0.6 is 24.0 Å². The van der Waals surface area contributed by atoms with Crippen LogP contribution in [0.5, 0.6) is 5.75 Å². The first-order valence-corrected chi connectivity index (χ1v) is 10.4. The molecule has 0 unspecified atom stereocenters. The van der Waals surface area contributed by atoms with Gasteiger partial charge in [-0.1, -0.05) is 18.2 Å². The lowest BCUT2D eigenvalue weighted by atomic mass is 10.2. The monoisotopic (exact) mass is 501 g/mol. The number of hydrogen-bond donors (Lipinski definition) is 1. The highest BCUT2D eigenvalue weighted by molar-refractivity contribution is 14.0. The zero-order chi connectivity index (χ0) is 18.6. The molecule has 0 atom stereocenters. The molecule has 1 N–H and O–H groups in total. The third-order valence-electron chi connectivity index (χ3n) is 4.26. The highest BCUT2D eigenvalue weighted by atomic mass is 127. The van der Waals surface area contributed by atoms with Crippen molar-refractivity contribution in [2.45, 2.75) is 11.3 Å². The van der Waals surface area contributed by atoms with Crippen molar-refractivity contribution in [2.75, 3.05) is 37.9 Å². The molecule has 2 aromatic rings. The van der Waals surface area contributed by atoms with E-state index in [2.05, 4.69) is 33.4 Å². The van der Waals surface area contributed by atoms with E-state index in [-0.39, 0.29) is 28.9 Å². The van der Waals surface area contributed by atoms with Crippen LogP contribution in [-0.2, 0) is 16.3 Å². The number of guanidine groups is 1. The Labute approximate surface area is 177 Å². The van der Waals surface area contributed by atoms with E-state index < -0.39 is 9.84 Å². The molecule has 0 fully saturated rings. The quantitative estimate of drug-likeness (QED) is 0.295. The maximum absolute atomic E-state index is 11.5. The Hall–Kier alpha value is -1.81. The number of fused-ring (bicyclic) bond motifs is 1. The van der Waals surface area contributed by atoms with E-state index >= 15 is 0 Å². The minimum absolute atomic E-state index is 0. The van der Waals surface area contributed by atoms with Crippen LogP contribution in [0.4, 0.5) is 5.69 Å². The minimum atomic E-state index is -3.18. The SMILES string of the molecule is CN=C(NCCOc1ccc(S(C)(=O)=O)cc1)N1CCc2ccccc21.I. The molecule has 0 aromatic heterocycles. The Balaban J connectivity index is 0.00000261. The summed E-state index contributed by atoms with van der Waals surface area (Å²) in [7, 11) is -1.41. The van der Waals surface area contributed by atoms with Gasteiger partial charge in [0.25, 0.3) is 0 Å². The number of ether oxygens (including phenoxy) is 1. The van der Waals surface area contributed by atoms with Crippen molar-refractivity contribution in [1.82, 2.24) is 5.32 Å². The van der Waals surface area contributed by atoms with E-state index in [0.717, 1.165) is 18.9 Å². The van der Waals surface area contributed by atoms with Gasteiger partial charge in [0, 0.05) is 25.5 Å². The molecule has 0 saturated heterocycles. The highest BCUT2D eigenvalue weighted by Gasteiger charge is 2.22. The fourth-order valence-electron chi connectivity index (χ4n) is 2.97. The summed E-state index contributed by atoms with van der Waals surface area (Å²) in [6.07, 6.45) is 2.20. The second-order valence-corrected chi connectivity index (χ2v) is 8.11. The molecular weight excluding hydrogens is 477 g/mol. The summed E-state index contributed by atoms with van der Waals surface area (Å²) in [6.45, 7) is 1.96. The number of rotatable bonds is 5. The zero-order valence-electron chi connectivity index (χ0n) is 15.4. The zero-order valence-corrected chi connectivity index (χ0v) is 18.5. The molecule has 0 bridgehead atoms. The summed E-state index contributed by atoms with van der Waals surface area (Å²) in [4.78, 5) is 6.83. The Morgan fingerprint density at radius 3 is 2.56 bits per heavy atom. The molecule has 0 spiro atoms. The van der Waals surface area contributed by atoms with Crippen molar-refractivity contribution in [2.24, 2.45) is 4.99 Å². The molecule has 0 radical (unpaired) electrons. The van der Waals surface area contributed by atoms with Crippen LogP contribution in [0.15, 0.2) is 58.4 Å². The molecule has 1 heterocycles. The molecule has 8 heteroatoms. The van der Waals surface area contributed by atoms with Crippen LogP contribution in [0.1, 0.15) is 5.56 Å². The number of halogens is 1. The second-order valence-electron chi connectivity index (χ2n) is 6.10. The lowest BCUT2D eigenvalue weighted by Crippen LogP contribution is -2.42. The summed E-state index contributed by atoms with van der Waals surface area (Å²) in [5.41, 5.74) is 2.52. The normalized spacial score (nSPS) is 13.7. The summed E-state index contributed by atoms with van der Waals surface area (Å²) in [6, 6.07) is 14.8. The Morgan fingerprint density at radius 1 is 1.19 bits per heavy atom. The summed E-state index contributed by atoms with van der Waals surface area (Å²) in [5, 5.41) is 3.31. The van der Waals surface area contributed by atoms with Gasteiger partial charge >= 0.3 is 0 Å². The predicted molar refractivity (Wildman–Crippen MR) is 119 cm³/mol. The van der Waals surface area contributed by atoms with Crippen molar-refractivity contribution in [1.29, 1.82) is 0 Å². The van der Waals surface area contributed by atoms with Gasteiger partial charge in [0.2, 0.25) is 0 Å². The smallest absolute Gasteiger partial charge is 0.198 e. The largest absolute Gasteiger partial charge is 0.492 e. The lowest BCUT2D eigenvalue weighted by Gasteiger charge is -2.22. The first-order valence-electron chi connectivity index (χ1n) is 8.48. The fraction of sp³-hybridized carbons (Fsp3) is 0.316. The molecule has 1 aliphatic heterocycles. The summed E-state index contributed by atoms with van der Waals surface area (Å²) in [5.74, 6) is 1.46. The third kappa shape index (κ3) is 5.35. The molecule has 0 amide bonds. The minimum Gasteiger partial charge on any atom is -0.492 e. The first kappa shape index (κ1) is 21.5. The molecule has 27 heavy (non-hydrogen) atoms. The van der Waals surface area contributed by atoms with Crippen molar-refractivity contribution < 1.29 is 13.2 Å². The fourth-order valence-corrected chi connectivity index (χ4v) is 3.60. The van der Waals surface area contributed by atoms with Gasteiger partial charge in [-0.2, -0.15) is 0 Å². The van der Waals surface area contributed by atoms with Crippen LogP contribution in [0.3, 0.4) is 0 Å². The predicted octanol–water partition coefficient (Wildman–Crippen LogP) is 2.73. The molecule has 3 rings (SSSR count). The van der Waals surface area contributed by atoms with Crippen molar-refractivity contribution in [3.05, 3.63) is 54.1 Å². The van der Waals surface area contributed by atoms with E-state index in [1.807, 2.05) is 6.07 Å². The number of nitrogens with zero attached hydrogens (tertiary/aromatic N) is 2. The number of sulfone groups is 1. The van der Waals surface area contributed by atoms with Gasteiger partial charge in [-0.05, 0) is 42.3 Å². The molecule has 0 saturated carbocycles. The summed E-state index contributed by atoms with van der Waals surface area (Å²) >= 11 is 0. The number of hydrogen-bond acceptors (Lipinski definition) is 4. The van der Waals surface area contributed by atoms with Crippen molar-refractivity contribution in [3.63, 3.8) is 0 Å². The van der Waals surface area contributed by atoms with Gasteiger partial charge in [0.05, 0.1) is 11.4 Å². The van der Waals surface area contributed by atoms with E-state index in [1.54, 1.807) is 31.3 Å². The first-order chi connectivity index (χ1) is 12.5. The van der Waals surface area contributed by atoms with Gasteiger partial charge in [0.15, 0.2) is 15.8 Å². The van der Waals surface area contributed by atoms with E-state index in [4.69, 9.17) is 4.74 Å². The highest BCUT2D eigenvalue weighted by Crippen LogP contribution is 2.27. The van der Waals surface area contributed by atoms with Crippen LogP contribution in [0, 0.1) is 0 Å². The second kappa shape index (κ2) is 9.41. The molecule has 2 aromatic carbocycles. The third-order valence-corrected chi connectivity index (χ3v) is 5.39. The number of aliphatic imine (C=N–C) groups is 1. The number of benzene rings is 2.